The normalized spacial score (nSPS) is 12.3. The Morgan fingerprint density at radius 2 is 1.26 bits per heavy atom. The second kappa shape index (κ2) is 15.5. The van der Waals surface area contributed by atoms with Crippen molar-refractivity contribution in [2.24, 2.45) is 0 Å². The molecule has 2 heteroatoms. The van der Waals surface area contributed by atoms with E-state index < -0.39 is 0 Å². The smallest absolute Gasteiger partial charge is 0.0621 e. The standard InChI is InChI=1S/C17H33NO/c1-2-3-4-5-6-7-8-9-10-11-14-17(19)15-12-13-16-18/h17,19H,2-15H2,1H3. The molecule has 0 amide bonds. The van der Waals surface area contributed by atoms with Gasteiger partial charge in [0.05, 0.1) is 12.2 Å². The minimum atomic E-state index is -0.178. The fraction of sp³-hybridized carbons (Fsp3) is 0.941. The first-order chi connectivity index (χ1) is 9.31. The summed E-state index contributed by atoms with van der Waals surface area (Å²) in [6.07, 6.45) is 16.4. The van der Waals surface area contributed by atoms with Crippen LogP contribution in [0.5, 0.6) is 0 Å². The summed E-state index contributed by atoms with van der Waals surface area (Å²) in [5.74, 6) is 0. The van der Waals surface area contributed by atoms with Crippen LogP contribution in [0.4, 0.5) is 0 Å². The van der Waals surface area contributed by atoms with Crippen LogP contribution in [0.3, 0.4) is 0 Å². The zero-order chi connectivity index (χ0) is 14.2. The van der Waals surface area contributed by atoms with E-state index in [4.69, 9.17) is 5.26 Å². The highest BCUT2D eigenvalue weighted by Crippen LogP contribution is 2.13. The lowest BCUT2D eigenvalue weighted by Gasteiger charge is -2.08. The number of nitrogens with zero attached hydrogens (tertiary/aromatic N) is 1. The van der Waals surface area contributed by atoms with Crippen LogP contribution in [0.25, 0.3) is 0 Å². The van der Waals surface area contributed by atoms with Crippen molar-refractivity contribution in [3.63, 3.8) is 0 Å². The average molecular weight is 267 g/mol. The molecular formula is C17H33NO. The molecule has 19 heavy (non-hydrogen) atoms. The van der Waals surface area contributed by atoms with Gasteiger partial charge in [-0.1, -0.05) is 71.1 Å². The van der Waals surface area contributed by atoms with Gasteiger partial charge in [0.2, 0.25) is 0 Å². The Hall–Kier alpha value is -0.550. The minimum Gasteiger partial charge on any atom is -0.393 e. The van der Waals surface area contributed by atoms with Gasteiger partial charge in [-0.2, -0.15) is 5.26 Å². The number of nitriles is 1. The first-order valence-corrected chi connectivity index (χ1v) is 8.36. The van der Waals surface area contributed by atoms with Gasteiger partial charge in [-0.05, 0) is 19.3 Å². The lowest BCUT2D eigenvalue weighted by molar-refractivity contribution is 0.148. The lowest BCUT2D eigenvalue weighted by atomic mass is 10.0. The molecule has 0 aliphatic rings. The van der Waals surface area contributed by atoms with Crippen LogP contribution < -0.4 is 0 Å². The first-order valence-electron chi connectivity index (χ1n) is 8.36. The van der Waals surface area contributed by atoms with E-state index in [1.54, 1.807) is 0 Å². The highest BCUT2D eigenvalue weighted by atomic mass is 16.3. The molecule has 2 nitrogen and oxygen atoms in total. The summed E-state index contributed by atoms with van der Waals surface area (Å²) in [6, 6.07) is 2.12. The van der Waals surface area contributed by atoms with Crippen molar-refractivity contribution in [2.75, 3.05) is 0 Å². The predicted octanol–water partition coefficient (Wildman–Crippen LogP) is 5.35. The Labute approximate surface area is 120 Å². The van der Waals surface area contributed by atoms with Crippen LogP contribution in [0.2, 0.25) is 0 Å². The number of hydrogen-bond donors (Lipinski definition) is 1. The minimum absolute atomic E-state index is 0.178. The molecule has 0 aromatic rings. The number of rotatable bonds is 14. The van der Waals surface area contributed by atoms with Crippen LogP contribution in [0.15, 0.2) is 0 Å². The topological polar surface area (TPSA) is 44.0 Å². The van der Waals surface area contributed by atoms with E-state index in [1.165, 1.54) is 57.8 Å². The molecule has 0 aromatic heterocycles. The quantitative estimate of drug-likeness (QED) is 0.431. The van der Waals surface area contributed by atoms with Crippen molar-refractivity contribution in [2.45, 2.75) is 103 Å². The third-order valence-electron chi connectivity index (χ3n) is 3.72. The van der Waals surface area contributed by atoms with Crippen LogP contribution in [-0.4, -0.2) is 11.2 Å². The zero-order valence-corrected chi connectivity index (χ0v) is 12.9. The maximum absolute atomic E-state index is 9.69. The number of unbranched alkanes of at least 4 members (excludes halogenated alkanes) is 10. The van der Waals surface area contributed by atoms with Crippen molar-refractivity contribution in [1.29, 1.82) is 5.26 Å². The van der Waals surface area contributed by atoms with Gasteiger partial charge in [-0.3, -0.25) is 0 Å². The van der Waals surface area contributed by atoms with Gasteiger partial charge in [-0.25, -0.2) is 0 Å². The second-order valence-electron chi connectivity index (χ2n) is 5.67. The summed E-state index contributed by atoms with van der Waals surface area (Å²) in [5, 5.41) is 18.1. The third-order valence-corrected chi connectivity index (χ3v) is 3.72. The molecule has 1 N–H and O–H groups in total. The van der Waals surface area contributed by atoms with E-state index in [1.807, 2.05) is 0 Å². The fourth-order valence-electron chi connectivity index (χ4n) is 2.43. The van der Waals surface area contributed by atoms with Gasteiger partial charge < -0.3 is 5.11 Å². The Morgan fingerprint density at radius 3 is 1.79 bits per heavy atom. The monoisotopic (exact) mass is 267 g/mol. The van der Waals surface area contributed by atoms with E-state index in [0.717, 1.165) is 25.7 Å². The summed E-state index contributed by atoms with van der Waals surface area (Å²) in [5.41, 5.74) is 0. The van der Waals surface area contributed by atoms with Crippen molar-refractivity contribution in [3.05, 3.63) is 0 Å². The Bertz CT molecular complexity index is 210. The van der Waals surface area contributed by atoms with Gasteiger partial charge in [0.1, 0.15) is 0 Å². The van der Waals surface area contributed by atoms with Crippen LogP contribution in [0, 0.1) is 11.3 Å². The predicted molar refractivity (Wildman–Crippen MR) is 81.9 cm³/mol. The van der Waals surface area contributed by atoms with Crippen molar-refractivity contribution in [1.82, 2.24) is 0 Å². The van der Waals surface area contributed by atoms with Crippen molar-refractivity contribution in [3.8, 4) is 6.07 Å². The second-order valence-corrected chi connectivity index (χ2v) is 5.67. The molecule has 0 fully saturated rings. The van der Waals surface area contributed by atoms with Gasteiger partial charge in [0.25, 0.3) is 0 Å². The van der Waals surface area contributed by atoms with Crippen molar-refractivity contribution < 1.29 is 5.11 Å². The number of aliphatic hydroxyl groups is 1. The maximum Gasteiger partial charge on any atom is 0.0621 e. The van der Waals surface area contributed by atoms with E-state index in [2.05, 4.69) is 13.0 Å². The summed E-state index contributed by atoms with van der Waals surface area (Å²) >= 11 is 0. The Balaban J connectivity index is 3.07. The van der Waals surface area contributed by atoms with Crippen LogP contribution in [-0.2, 0) is 0 Å². The molecule has 0 heterocycles. The molecule has 0 aliphatic carbocycles. The zero-order valence-electron chi connectivity index (χ0n) is 12.9. The molecular weight excluding hydrogens is 234 g/mol. The van der Waals surface area contributed by atoms with E-state index in [0.29, 0.717) is 6.42 Å². The molecule has 1 atom stereocenters. The molecule has 112 valence electrons. The summed E-state index contributed by atoms with van der Waals surface area (Å²) in [6.45, 7) is 2.26. The molecule has 0 aliphatic heterocycles. The van der Waals surface area contributed by atoms with Gasteiger partial charge >= 0.3 is 0 Å². The Morgan fingerprint density at radius 1 is 0.789 bits per heavy atom. The SMILES string of the molecule is CCCCCCCCCCCCC(O)CCCC#N. The number of aliphatic hydroxyl groups excluding tert-OH is 1. The maximum atomic E-state index is 9.69. The summed E-state index contributed by atoms with van der Waals surface area (Å²) in [7, 11) is 0. The van der Waals surface area contributed by atoms with Crippen LogP contribution >= 0.6 is 0 Å². The highest BCUT2D eigenvalue weighted by molar-refractivity contribution is 4.69. The van der Waals surface area contributed by atoms with E-state index in [9.17, 15) is 5.11 Å². The summed E-state index contributed by atoms with van der Waals surface area (Å²) in [4.78, 5) is 0. The molecule has 0 saturated carbocycles. The number of hydrogen-bond acceptors (Lipinski definition) is 2. The van der Waals surface area contributed by atoms with Gasteiger partial charge in [-0.15, -0.1) is 0 Å². The molecule has 0 aromatic carbocycles. The first kappa shape index (κ1) is 18.4. The molecule has 0 spiro atoms. The molecule has 0 rings (SSSR count). The van der Waals surface area contributed by atoms with Gasteiger partial charge in [0, 0.05) is 6.42 Å². The van der Waals surface area contributed by atoms with E-state index >= 15 is 0 Å². The fourth-order valence-corrected chi connectivity index (χ4v) is 2.43. The average Bonchev–Trinajstić information content (AvgIpc) is 2.41. The van der Waals surface area contributed by atoms with Crippen molar-refractivity contribution >= 4 is 0 Å². The lowest BCUT2D eigenvalue weighted by Crippen LogP contribution is -2.05. The molecule has 1 unspecified atom stereocenters. The molecule has 0 radical (unpaired) electrons. The van der Waals surface area contributed by atoms with Gasteiger partial charge in [0.15, 0.2) is 0 Å². The largest absolute Gasteiger partial charge is 0.393 e. The Kier molecular flexibility index (Phi) is 15.1. The van der Waals surface area contributed by atoms with E-state index in [-0.39, 0.29) is 6.10 Å². The highest BCUT2D eigenvalue weighted by Gasteiger charge is 2.03. The third kappa shape index (κ3) is 15.4. The summed E-state index contributed by atoms with van der Waals surface area (Å²) < 4.78 is 0. The molecule has 0 bridgehead atoms. The molecule has 0 saturated heterocycles. The van der Waals surface area contributed by atoms with Crippen LogP contribution in [0.1, 0.15) is 96.8 Å².